The summed E-state index contributed by atoms with van der Waals surface area (Å²) in [5, 5.41) is 0. The zero-order valence-electron chi connectivity index (χ0n) is 12.3. The van der Waals surface area contributed by atoms with E-state index in [2.05, 4.69) is 0 Å². The highest BCUT2D eigenvalue weighted by Crippen LogP contribution is 2.19. The first-order valence-electron chi connectivity index (χ1n) is 6.77. The van der Waals surface area contributed by atoms with Crippen LogP contribution in [0.15, 0.2) is 54.6 Å². The van der Waals surface area contributed by atoms with Crippen LogP contribution in [0.3, 0.4) is 0 Å². The van der Waals surface area contributed by atoms with Crippen LogP contribution in [-0.2, 0) is 16.1 Å². The predicted octanol–water partition coefficient (Wildman–Crippen LogP) is 3.26. The topological polar surface area (TPSA) is 36.9 Å². The van der Waals surface area contributed by atoms with Gasteiger partial charge in [0.25, 0.3) is 0 Å². The molecule has 0 bridgehead atoms. The third-order valence-corrected chi connectivity index (χ3v) is 2.98. The molecule has 2 aromatic rings. The normalized spacial score (nSPS) is 10.6. The Labute approximate surface area is 125 Å². The molecule has 112 valence electrons. The van der Waals surface area contributed by atoms with Crippen LogP contribution >= 0.6 is 0 Å². The molecule has 0 unspecified atom stereocenters. The molecule has 0 aliphatic heterocycles. The van der Waals surface area contributed by atoms with Crippen LogP contribution in [0.1, 0.15) is 5.56 Å². The van der Waals surface area contributed by atoms with Gasteiger partial charge in [-0.05, 0) is 29.8 Å². The first-order chi connectivity index (χ1) is 10.3. The summed E-state index contributed by atoms with van der Waals surface area (Å²) in [7, 11) is 3.16. The zero-order chi connectivity index (χ0) is 14.9. The maximum absolute atomic E-state index is 5.71. The van der Waals surface area contributed by atoms with E-state index in [4.69, 9.17) is 18.9 Å². The van der Waals surface area contributed by atoms with Crippen LogP contribution < -0.4 is 9.47 Å². The minimum Gasteiger partial charge on any atom is -0.489 e. The number of benzene rings is 2. The molecule has 4 heteroatoms. The molecular formula is C17H20O4. The van der Waals surface area contributed by atoms with Gasteiger partial charge < -0.3 is 18.9 Å². The summed E-state index contributed by atoms with van der Waals surface area (Å²) in [5.74, 6) is 1.56. The van der Waals surface area contributed by atoms with E-state index < -0.39 is 0 Å². The van der Waals surface area contributed by atoms with Crippen molar-refractivity contribution in [2.75, 3.05) is 20.8 Å². The van der Waals surface area contributed by atoms with Gasteiger partial charge in [0.15, 0.2) is 6.29 Å². The lowest BCUT2D eigenvalue weighted by Crippen LogP contribution is -2.21. The molecule has 0 N–H and O–H groups in total. The Morgan fingerprint density at radius 2 is 1.33 bits per heavy atom. The third-order valence-electron chi connectivity index (χ3n) is 2.98. The quantitative estimate of drug-likeness (QED) is 0.699. The number of ether oxygens (including phenoxy) is 4. The lowest BCUT2D eigenvalue weighted by atomic mass is 10.2. The Balaban J connectivity index is 1.81. The van der Waals surface area contributed by atoms with E-state index in [1.807, 2.05) is 54.6 Å². The van der Waals surface area contributed by atoms with Gasteiger partial charge in [0.05, 0.1) is 0 Å². The van der Waals surface area contributed by atoms with Gasteiger partial charge in [0, 0.05) is 14.2 Å². The minimum atomic E-state index is -0.362. The lowest BCUT2D eigenvalue weighted by molar-refractivity contribution is -0.121. The highest BCUT2D eigenvalue weighted by atomic mass is 16.7. The van der Waals surface area contributed by atoms with Crippen molar-refractivity contribution in [2.24, 2.45) is 0 Å². The highest BCUT2D eigenvalue weighted by Gasteiger charge is 2.05. The maximum atomic E-state index is 5.71. The van der Waals surface area contributed by atoms with Crippen LogP contribution in [0, 0.1) is 0 Å². The fourth-order valence-electron chi connectivity index (χ4n) is 1.77. The van der Waals surface area contributed by atoms with Crippen molar-refractivity contribution in [3.05, 3.63) is 60.2 Å². The largest absolute Gasteiger partial charge is 0.489 e. The fraction of sp³-hybridized carbons (Fsp3) is 0.294. The van der Waals surface area contributed by atoms with Crippen molar-refractivity contribution in [1.82, 2.24) is 0 Å². The van der Waals surface area contributed by atoms with Gasteiger partial charge in [-0.2, -0.15) is 0 Å². The molecule has 0 aliphatic carbocycles. The second kappa shape index (κ2) is 8.29. The number of hydrogen-bond donors (Lipinski definition) is 0. The number of rotatable bonds is 8. The molecule has 0 atom stereocenters. The molecule has 2 aromatic carbocycles. The zero-order valence-corrected chi connectivity index (χ0v) is 12.3. The van der Waals surface area contributed by atoms with Gasteiger partial charge in [0.1, 0.15) is 24.7 Å². The van der Waals surface area contributed by atoms with Gasteiger partial charge in [-0.1, -0.05) is 30.3 Å². The van der Waals surface area contributed by atoms with Gasteiger partial charge in [-0.25, -0.2) is 0 Å². The summed E-state index contributed by atoms with van der Waals surface area (Å²) in [4.78, 5) is 0. The first kappa shape index (κ1) is 15.4. The van der Waals surface area contributed by atoms with E-state index in [-0.39, 0.29) is 6.29 Å². The van der Waals surface area contributed by atoms with E-state index in [0.29, 0.717) is 13.2 Å². The van der Waals surface area contributed by atoms with Crippen molar-refractivity contribution in [3.8, 4) is 11.5 Å². The van der Waals surface area contributed by atoms with E-state index in [1.165, 1.54) is 0 Å². The molecular weight excluding hydrogens is 268 g/mol. The van der Waals surface area contributed by atoms with Gasteiger partial charge in [-0.3, -0.25) is 0 Å². The average Bonchev–Trinajstić information content (AvgIpc) is 2.56. The van der Waals surface area contributed by atoms with Crippen LogP contribution in [-0.4, -0.2) is 27.1 Å². The standard InChI is InChI=1S/C17H20O4/c1-18-17(19-2)13-21-16-10-8-15(9-11-16)20-12-14-6-4-3-5-7-14/h3-11,17H,12-13H2,1-2H3. The molecule has 0 saturated carbocycles. The Bertz CT molecular complexity index is 506. The van der Waals surface area contributed by atoms with E-state index in [1.54, 1.807) is 14.2 Å². The minimum absolute atomic E-state index is 0.344. The number of methoxy groups -OCH3 is 2. The van der Waals surface area contributed by atoms with Gasteiger partial charge in [0.2, 0.25) is 0 Å². The summed E-state index contributed by atoms with van der Waals surface area (Å²) < 4.78 is 21.4. The van der Waals surface area contributed by atoms with Crippen molar-refractivity contribution < 1.29 is 18.9 Å². The molecule has 4 nitrogen and oxygen atoms in total. The molecule has 0 fully saturated rings. The Kier molecular flexibility index (Phi) is 6.06. The van der Waals surface area contributed by atoms with Crippen molar-refractivity contribution in [2.45, 2.75) is 12.9 Å². The molecule has 0 spiro atoms. The van der Waals surface area contributed by atoms with Gasteiger partial charge >= 0.3 is 0 Å². The monoisotopic (exact) mass is 288 g/mol. The first-order valence-corrected chi connectivity index (χ1v) is 6.77. The molecule has 21 heavy (non-hydrogen) atoms. The van der Waals surface area contributed by atoms with E-state index >= 15 is 0 Å². The SMILES string of the molecule is COC(COc1ccc(OCc2ccccc2)cc1)OC. The van der Waals surface area contributed by atoms with Crippen molar-refractivity contribution in [1.29, 1.82) is 0 Å². The van der Waals surface area contributed by atoms with Crippen molar-refractivity contribution >= 4 is 0 Å². The summed E-state index contributed by atoms with van der Waals surface area (Å²) in [6, 6.07) is 17.5. The molecule has 2 rings (SSSR count). The second-order valence-corrected chi connectivity index (χ2v) is 4.46. The van der Waals surface area contributed by atoms with Crippen LogP contribution in [0.4, 0.5) is 0 Å². The fourth-order valence-corrected chi connectivity index (χ4v) is 1.77. The Morgan fingerprint density at radius 1 is 0.762 bits per heavy atom. The van der Waals surface area contributed by atoms with Gasteiger partial charge in [-0.15, -0.1) is 0 Å². The second-order valence-electron chi connectivity index (χ2n) is 4.46. The maximum Gasteiger partial charge on any atom is 0.191 e. The molecule has 0 heterocycles. The third kappa shape index (κ3) is 5.10. The molecule has 0 radical (unpaired) electrons. The highest BCUT2D eigenvalue weighted by molar-refractivity contribution is 5.31. The Hall–Kier alpha value is -2.04. The summed E-state index contributed by atoms with van der Waals surface area (Å²) in [5.41, 5.74) is 1.14. The van der Waals surface area contributed by atoms with E-state index in [9.17, 15) is 0 Å². The Morgan fingerprint density at radius 3 is 1.90 bits per heavy atom. The molecule has 0 aliphatic rings. The smallest absolute Gasteiger partial charge is 0.191 e. The number of hydrogen-bond acceptors (Lipinski definition) is 4. The van der Waals surface area contributed by atoms with Crippen LogP contribution in [0.5, 0.6) is 11.5 Å². The molecule has 0 saturated heterocycles. The summed E-state index contributed by atoms with van der Waals surface area (Å²) in [6.45, 7) is 0.897. The molecule has 0 aromatic heterocycles. The van der Waals surface area contributed by atoms with Crippen LogP contribution in [0.25, 0.3) is 0 Å². The van der Waals surface area contributed by atoms with Crippen LogP contribution in [0.2, 0.25) is 0 Å². The average molecular weight is 288 g/mol. The van der Waals surface area contributed by atoms with Crippen molar-refractivity contribution in [3.63, 3.8) is 0 Å². The van der Waals surface area contributed by atoms with E-state index in [0.717, 1.165) is 17.1 Å². The lowest BCUT2D eigenvalue weighted by Gasteiger charge is -2.14. The molecule has 0 amide bonds. The summed E-state index contributed by atoms with van der Waals surface area (Å²) in [6.07, 6.45) is -0.362. The predicted molar refractivity (Wildman–Crippen MR) is 80.5 cm³/mol. The summed E-state index contributed by atoms with van der Waals surface area (Å²) >= 11 is 0.